The smallest absolute Gasteiger partial charge is 0.272 e. The second-order valence-corrected chi connectivity index (χ2v) is 4.83. The minimum atomic E-state index is -0.557. The summed E-state index contributed by atoms with van der Waals surface area (Å²) in [5.74, 6) is -0.251. The molecule has 1 aromatic rings. The van der Waals surface area contributed by atoms with Gasteiger partial charge < -0.3 is 5.32 Å². The predicted octanol–water partition coefficient (Wildman–Crippen LogP) is 3.30. The summed E-state index contributed by atoms with van der Waals surface area (Å²) < 4.78 is 13.3. The third kappa shape index (κ3) is 4.59. The van der Waals surface area contributed by atoms with E-state index >= 15 is 0 Å². The van der Waals surface area contributed by atoms with Gasteiger partial charge in [0, 0.05) is 12.1 Å². The summed E-state index contributed by atoms with van der Waals surface area (Å²) in [4.78, 5) is 10.2. The highest BCUT2D eigenvalue weighted by molar-refractivity contribution is 5.35. The zero-order valence-electron chi connectivity index (χ0n) is 11.6. The SMILES string of the molecule is CCNC(CC)C(C)Cc1cc(F)cc([N+](=O)[O-])c1. The number of benzene rings is 1. The molecular formula is C14H21FN2O2. The molecule has 0 fully saturated rings. The van der Waals surface area contributed by atoms with E-state index in [0.29, 0.717) is 23.9 Å². The maximum Gasteiger partial charge on any atom is 0.272 e. The van der Waals surface area contributed by atoms with Crippen molar-refractivity contribution in [1.82, 2.24) is 5.32 Å². The average Bonchev–Trinajstić information content (AvgIpc) is 2.34. The molecule has 0 aliphatic rings. The van der Waals surface area contributed by atoms with Gasteiger partial charge in [-0.3, -0.25) is 10.1 Å². The summed E-state index contributed by atoms with van der Waals surface area (Å²) in [5, 5.41) is 14.1. The first-order chi connectivity index (χ1) is 8.97. The summed E-state index contributed by atoms with van der Waals surface area (Å²) >= 11 is 0. The van der Waals surface area contributed by atoms with E-state index in [1.54, 1.807) is 0 Å². The van der Waals surface area contributed by atoms with Crippen LogP contribution in [0, 0.1) is 21.8 Å². The Balaban J connectivity index is 2.83. The van der Waals surface area contributed by atoms with Crippen LogP contribution in [0.5, 0.6) is 0 Å². The molecule has 1 rings (SSSR count). The van der Waals surface area contributed by atoms with E-state index in [4.69, 9.17) is 0 Å². The highest BCUT2D eigenvalue weighted by Gasteiger charge is 2.17. The molecule has 1 aromatic carbocycles. The van der Waals surface area contributed by atoms with Gasteiger partial charge in [0.25, 0.3) is 5.69 Å². The van der Waals surface area contributed by atoms with E-state index in [1.807, 2.05) is 6.92 Å². The molecule has 0 saturated heterocycles. The molecule has 2 unspecified atom stereocenters. The summed E-state index contributed by atoms with van der Waals surface area (Å²) in [6.07, 6.45) is 1.61. The number of nitro benzene ring substituents is 1. The Hall–Kier alpha value is -1.49. The fraction of sp³-hybridized carbons (Fsp3) is 0.571. The van der Waals surface area contributed by atoms with Crippen molar-refractivity contribution in [3.63, 3.8) is 0 Å². The molecule has 0 saturated carbocycles. The van der Waals surface area contributed by atoms with Gasteiger partial charge in [0.2, 0.25) is 0 Å². The zero-order chi connectivity index (χ0) is 14.4. The number of halogens is 1. The predicted molar refractivity (Wildman–Crippen MR) is 73.7 cm³/mol. The van der Waals surface area contributed by atoms with Gasteiger partial charge >= 0.3 is 0 Å². The number of nitrogens with one attached hydrogen (secondary N) is 1. The minimum Gasteiger partial charge on any atom is -0.314 e. The number of hydrogen-bond donors (Lipinski definition) is 1. The lowest BCUT2D eigenvalue weighted by Gasteiger charge is -2.23. The molecule has 0 aliphatic carbocycles. The van der Waals surface area contributed by atoms with Crippen molar-refractivity contribution >= 4 is 5.69 Å². The van der Waals surface area contributed by atoms with Gasteiger partial charge in [0.1, 0.15) is 5.82 Å². The lowest BCUT2D eigenvalue weighted by molar-refractivity contribution is -0.385. The monoisotopic (exact) mass is 268 g/mol. The van der Waals surface area contributed by atoms with Crippen LogP contribution < -0.4 is 5.32 Å². The van der Waals surface area contributed by atoms with Crippen LogP contribution >= 0.6 is 0 Å². The highest BCUT2D eigenvalue weighted by atomic mass is 19.1. The lowest BCUT2D eigenvalue weighted by atomic mass is 9.92. The second kappa shape index (κ2) is 7.19. The van der Waals surface area contributed by atoms with Gasteiger partial charge in [-0.05, 0) is 36.9 Å². The number of non-ortho nitro benzene ring substituents is 1. The fourth-order valence-corrected chi connectivity index (χ4v) is 2.38. The van der Waals surface area contributed by atoms with Crippen molar-refractivity contribution < 1.29 is 9.31 Å². The molecule has 19 heavy (non-hydrogen) atoms. The summed E-state index contributed by atoms with van der Waals surface area (Å²) in [5.41, 5.74) is 0.495. The summed E-state index contributed by atoms with van der Waals surface area (Å²) in [6.45, 7) is 7.10. The van der Waals surface area contributed by atoms with E-state index in [1.165, 1.54) is 12.1 Å². The van der Waals surface area contributed by atoms with Crippen LogP contribution in [0.3, 0.4) is 0 Å². The zero-order valence-corrected chi connectivity index (χ0v) is 11.6. The molecule has 1 N–H and O–H groups in total. The van der Waals surface area contributed by atoms with Gasteiger partial charge in [-0.15, -0.1) is 0 Å². The van der Waals surface area contributed by atoms with E-state index in [0.717, 1.165) is 19.0 Å². The first-order valence-corrected chi connectivity index (χ1v) is 6.65. The van der Waals surface area contributed by atoms with Gasteiger partial charge in [0.05, 0.1) is 11.0 Å². The maximum absolute atomic E-state index is 13.3. The minimum absolute atomic E-state index is 0.182. The Kier molecular flexibility index (Phi) is 5.89. The van der Waals surface area contributed by atoms with Gasteiger partial charge in [0.15, 0.2) is 0 Å². The molecule has 0 bridgehead atoms. The van der Waals surface area contributed by atoms with Crippen LogP contribution in [0.15, 0.2) is 18.2 Å². The molecule has 4 nitrogen and oxygen atoms in total. The molecule has 0 aromatic heterocycles. The van der Waals surface area contributed by atoms with Crippen molar-refractivity contribution in [3.05, 3.63) is 39.7 Å². The average molecular weight is 268 g/mol. The van der Waals surface area contributed by atoms with Crippen molar-refractivity contribution in [3.8, 4) is 0 Å². The summed E-state index contributed by atoms with van der Waals surface area (Å²) in [7, 11) is 0. The standard InChI is InChI=1S/C14H21FN2O2/c1-4-14(16-5-2)10(3)6-11-7-12(15)9-13(8-11)17(18)19/h7-10,14,16H,4-6H2,1-3H3. The Morgan fingerprint density at radius 2 is 2.05 bits per heavy atom. The van der Waals surface area contributed by atoms with Crippen molar-refractivity contribution in [2.45, 2.75) is 39.7 Å². The van der Waals surface area contributed by atoms with Crippen LogP contribution in [-0.4, -0.2) is 17.5 Å². The summed E-state index contributed by atoms with van der Waals surface area (Å²) in [6, 6.07) is 4.13. The van der Waals surface area contributed by atoms with E-state index in [-0.39, 0.29) is 5.69 Å². The van der Waals surface area contributed by atoms with Crippen LogP contribution in [0.4, 0.5) is 10.1 Å². The number of hydrogen-bond acceptors (Lipinski definition) is 3. The molecule has 0 aliphatic heterocycles. The molecule has 0 amide bonds. The second-order valence-electron chi connectivity index (χ2n) is 4.83. The molecule has 0 heterocycles. The Morgan fingerprint density at radius 1 is 1.37 bits per heavy atom. The third-order valence-electron chi connectivity index (χ3n) is 3.30. The van der Waals surface area contributed by atoms with Crippen LogP contribution in [-0.2, 0) is 6.42 Å². The Labute approximate surface area is 113 Å². The number of nitrogens with zero attached hydrogens (tertiary/aromatic N) is 1. The number of nitro groups is 1. The van der Waals surface area contributed by atoms with Gasteiger partial charge in [-0.2, -0.15) is 0 Å². The molecule has 0 radical (unpaired) electrons. The quantitative estimate of drug-likeness (QED) is 0.609. The Morgan fingerprint density at radius 3 is 2.58 bits per heavy atom. The lowest BCUT2D eigenvalue weighted by Crippen LogP contribution is -2.35. The fourth-order valence-electron chi connectivity index (χ4n) is 2.38. The molecule has 2 atom stereocenters. The maximum atomic E-state index is 13.3. The first-order valence-electron chi connectivity index (χ1n) is 6.65. The molecule has 106 valence electrons. The number of rotatable bonds is 7. The van der Waals surface area contributed by atoms with Gasteiger partial charge in [-0.25, -0.2) is 4.39 Å². The normalized spacial score (nSPS) is 14.1. The third-order valence-corrected chi connectivity index (χ3v) is 3.30. The largest absolute Gasteiger partial charge is 0.314 e. The van der Waals surface area contributed by atoms with Crippen LogP contribution in [0.25, 0.3) is 0 Å². The molecule has 5 heteroatoms. The van der Waals surface area contributed by atoms with E-state index in [9.17, 15) is 14.5 Å². The van der Waals surface area contributed by atoms with Crippen molar-refractivity contribution in [1.29, 1.82) is 0 Å². The van der Waals surface area contributed by atoms with Gasteiger partial charge in [-0.1, -0.05) is 20.8 Å². The molecule has 0 spiro atoms. The first kappa shape index (κ1) is 15.6. The Bertz CT molecular complexity index is 437. The van der Waals surface area contributed by atoms with Crippen LogP contribution in [0.1, 0.15) is 32.8 Å². The highest BCUT2D eigenvalue weighted by Crippen LogP contribution is 2.20. The van der Waals surface area contributed by atoms with E-state index < -0.39 is 10.7 Å². The van der Waals surface area contributed by atoms with Crippen LogP contribution in [0.2, 0.25) is 0 Å². The van der Waals surface area contributed by atoms with E-state index in [2.05, 4.69) is 19.2 Å². The topological polar surface area (TPSA) is 55.2 Å². The van der Waals surface area contributed by atoms with Crippen molar-refractivity contribution in [2.75, 3.05) is 6.54 Å². The van der Waals surface area contributed by atoms with Crippen molar-refractivity contribution in [2.24, 2.45) is 5.92 Å². The molecular weight excluding hydrogens is 247 g/mol.